The average molecular weight is 456 g/mol. The lowest BCUT2D eigenvalue weighted by Gasteiger charge is -2.32. The lowest BCUT2D eigenvalue weighted by atomic mass is 9.79. The fourth-order valence-corrected chi connectivity index (χ4v) is 6.17. The molecule has 28 heavy (non-hydrogen) atoms. The van der Waals surface area contributed by atoms with Gasteiger partial charge in [0.2, 0.25) is 0 Å². The number of likely N-dealkylation sites (tertiary alicyclic amines) is 1. The van der Waals surface area contributed by atoms with Crippen LogP contribution in [0.15, 0.2) is 57.4 Å². The second kappa shape index (κ2) is 7.34. The van der Waals surface area contributed by atoms with Crippen LogP contribution in [0.25, 0.3) is 5.57 Å². The van der Waals surface area contributed by atoms with E-state index in [1.54, 1.807) is 11.1 Å². The molecule has 2 heterocycles. The number of piperidine rings is 1. The summed E-state index contributed by atoms with van der Waals surface area (Å²) in [7, 11) is 2.24. The van der Waals surface area contributed by atoms with Crippen LogP contribution in [0.4, 0.5) is 0 Å². The van der Waals surface area contributed by atoms with Gasteiger partial charge in [0.1, 0.15) is 0 Å². The molecule has 1 fully saturated rings. The van der Waals surface area contributed by atoms with Crippen molar-refractivity contribution >= 4 is 33.3 Å². The summed E-state index contributed by atoms with van der Waals surface area (Å²) in [5.74, 6) is 0. The molecule has 1 unspecified atom stereocenters. The van der Waals surface area contributed by atoms with Crippen LogP contribution in [0.5, 0.6) is 0 Å². The third-order valence-electron chi connectivity index (χ3n) is 6.25. The Labute approximate surface area is 182 Å². The summed E-state index contributed by atoms with van der Waals surface area (Å²) in [6, 6.07) is 16.1. The average Bonchev–Trinajstić information content (AvgIpc) is 2.94. The normalized spacial score (nSPS) is 23.2. The minimum Gasteiger partial charge on any atom is -0.306 e. The second-order valence-electron chi connectivity index (χ2n) is 9.38. The zero-order valence-corrected chi connectivity index (χ0v) is 20.0. The first-order valence-electron chi connectivity index (χ1n) is 10.2. The molecule has 4 rings (SSSR count). The topological polar surface area (TPSA) is 3.24 Å². The molecule has 3 heteroatoms. The van der Waals surface area contributed by atoms with E-state index in [0.717, 1.165) is 17.6 Å². The van der Waals surface area contributed by atoms with Gasteiger partial charge in [-0.2, -0.15) is 0 Å². The number of rotatable bonds is 1. The smallest absolute Gasteiger partial charge is 0.0681 e. The van der Waals surface area contributed by atoms with Crippen LogP contribution in [-0.4, -0.2) is 25.0 Å². The van der Waals surface area contributed by atoms with E-state index in [9.17, 15) is 0 Å². The van der Waals surface area contributed by atoms with E-state index in [1.165, 1.54) is 34.4 Å². The number of nitrogens with zero attached hydrogens (tertiary/aromatic N) is 1. The van der Waals surface area contributed by atoms with E-state index in [1.807, 2.05) is 11.8 Å². The minimum absolute atomic E-state index is 0.0230. The Hall–Kier alpha value is -1.03. The molecule has 0 aromatic heterocycles. The first-order chi connectivity index (χ1) is 13.2. The molecule has 0 saturated carbocycles. The lowest BCUT2D eigenvalue weighted by Crippen LogP contribution is -2.28. The third kappa shape index (κ3) is 3.62. The van der Waals surface area contributed by atoms with Crippen molar-refractivity contribution < 1.29 is 0 Å². The van der Waals surface area contributed by atoms with E-state index in [4.69, 9.17) is 0 Å². The van der Waals surface area contributed by atoms with Crippen LogP contribution in [0.1, 0.15) is 57.2 Å². The molecule has 0 N–H and O–H groups in total. The summed E-state index contributed by atoms with van der Waals surface area (Å²) < 4.78 is 1.12. The van der Waals surface area contributed by atoms with Gasteiger partial charge >= 0.3 is 0 Å². The molecule has 1 atom stereocenters. The highest BCUT2D eigenvalue weighted by Gasteiger charge is 2.42. The molecular weight excluding hydrogens is 426 g/mol. The van der Waals surface area contributed by atoms with Crippen LogP contribution in [0.2, 0.25) is 0 Å². The molecule has 2 aliphatic rings. The second-order valence-corrected chi connectivity index (χ2v) is 11.8. The van der Waals surface area contributed by atoms with Crippen molar-refractivity contribution in [3.63, 3.8) is 0 Å². The Bertz CT molecular complexity index is 913. The monoisotopic (exact) mass is 455 g/mol. The fourth-order valence-electron chi connectivity index (χ4n) is 4.45. The van der Waals surface area contributed by atoms with Crippen molar-refractivity contribution in [2.24, 2.45) is 0 Å². The van der Waals surface area contributed by atoms with Crippen molar-refractivity contribution in [2.75, 3.05) is 20.1 Å². The number of thioether (sulfide) groups is 1. The predicted molar refractivity (Wildman–Crippen MR) is 126 cm³/mol. The summed E-state index contributed by atoms with van der Waals surface area (Å²) in [5.41, 5.74) is 7.70. The Morgan fingerprint density at radius 3 is 2.25 bits per heavy atom. The van der Waals surface area contributed by atoms with Crippen molar-refractivity contribution in [3.05, 3.63) is 69.2 Å². The highest BCUT2D eigenvalue weighted by molar-refractivity contribution is 9.10. The summed E-state index contributed by atoms with van der Waals surface area (Å²) in [5, 5.41) is 0. The molecule has 0 aliphatic carbocycles. The predicted octanol–water partition coefficient (Wildman–Crippen LogP) is 7.25. The van der Waals surface area contributed by atoms with Crippen molar-refractivity contribution in [1.29, 1.82) is 0 Å². The largest absolute Gasteiger partial charge is 0.306 e. The van der Waals surface area contributed by atoms with Gasteiger partial charge in [-0.05, 0) is 78.8 Å². The molecule has 2 aromatic carbocycles. The Morgan fingerprint density at radius 2 is 1.64 bits per heavy atom. The molecule has 2 aliphatic heterocycles. The number of benzene rings is 2. The Kier molecular flexibility index (Phi) is 5.31. The van der Waals surface area contributed by atoms with E-state index in [2.05, 4.69) is 98.0 Å². The molecular formula is C25H30BrNS. The SMILES string of the molecule is CN1CCC(=C2c3cc(C(C)(C)C)ccc3SC2(C)c2ccc(Br)cc2)CC1. The summed E-state index contributed by atoms with van der Waals surface area (Å²) >= 11 is 5.64. The first kappa shape index (κ1) is 20.3. The number of hydrogen-bond donors (Lipinski definition) is 0. The van der Waals surface area contributed by atoms with Gasteiger partial charge in [-0.25, -0.2) is 0 Å². The molecule has 1 saturated heterocycles. The maximum Gasteiger partial charge on any atom is 0.0681 e. The van der Waals surface area contributed by atoms with Gasteiger partial charge in [0.15, 0.2) is 0 Å². The quantitative estimate of drug-likeness (QED) is 0.445. The Morgan fingerprint density at radius 1 is 1.00 bits per heavy atom. The Balaban J connectivity index is 1.90. The first-order valence-corrected chi connectivity index (χ1v) is 11.8. The maximum absolute atomic E-state index is 3.61. The van der Waals surface area contributed by atoms with Gasteiger partial charge in [0.05, 0.1) is 4.75 Å². The molecule has 0 spiro atoms. The molecule has 0 radical (unpaired) electrons. The standard InChI is InChI=1S/C25H30BrNS/c1-24(2,3)19-8-11-22-21(16-19)23(17-12-14-27(5)15-13-17)25(4,28-22)18-6-9-20(26)10-7-18/h6-11,16H,12-15H2,1-5H3. The highest BCUT2D eigenvalue weighted by Crippen LogP contribution is 2.60. The van der Waals surface area contributed by atoms with E-state index in [0.29, 0.717) is 0 Å². The van der Waals surface area contributed by atoms with Gasteiger partial charge in [0, 0.05) is 22.5 Å². The van der Waals surface area contributed by atoms with Crippen LogP contribution in [0, 0.1) is 0 Å². The van der Waals surface area contributed by atoms with Crippen molar-refractivity contribution in [2.45, 2.75) is 55.6 Å². The zero-order valence-electron chi connectivity index (χ0n) is 17.6. The van der Waals surface area contributed by atoms with Gasteiger partial charge in [-0.1, -0.05) is 60.5 Å². The van der Waals surface area contributed by atoms with E-state index in [-0.39, 0.29) is 10.2 Å². The third-order valence-corrected chi connectivity index (χ3v) is 8.20. The molecule has 1 nitrogen and oxygen atoms in total. The van der Waals surface area contributed by atoms with Crippen molar-refractivity contribution in [1.82, 2.24) is 4.90 Å². The number of fused-ring (bicyclic) bond motifs is 1. The minimum atomic E-state index is -0.0230. The molecule has 0 bridgehead atoms. The van der Waals surface area contributed by atoms with E-state index >= 15 is 0 Å². The summed E-state index contributed by atoms with van der Waals surface area (Å²) in [6.07, 6.45) is 2.36. The van der Waals surface area contributed by atoms with Crippen LogP contribution < -0.4 is 0 Å². The van der Waals surface area contributed by atoms with Crippen LogP contribution >= 0.6 is 27.7 Å². The highest BCUT2D eigenvalue weighted by atomic mass is 79.9. The summed E-state index contributed by atoms with van der Waals surface area (Å²) in [4.78, 5) is 3.88. The van der Waals surface area contributed by atoms with Crippen LogP contribution in [0.3, 0.4) is 0 Å². The van der Waals surface area contributed by atoms with Gasteiger partial charge < -0.3 is 4.90 Å². The number of hydrogen-bond acceptors (Lipinski definition) is 2. The van der Waals surface area contributed by atoms with Crippen molar-refractivity contribution in [3.8, 4) is 0 Å². The fraction of sp³-hybridized carbons (Fsp3) is 0.440. The van der Waals surface area contributed by atoms with Gasteiger partial charge in [-0.15, -0.1) is 11.8 Å². The van der Waals surface area contributed by atoms with Gasteiger partial charge in [0.25, 0.3) is 0 Å². The lowest BCUT2D eigenvalue weighted by molar-refractivity contribution is 0.312. The molecule has 2 aromatic rings. The number of halogens is 1. The van der Waals surface area contributed by atoms with Gasteiger partial charge in [-0.3, -0.25) is 0 Å². The summed E-state index contributed by atoms with van der Waals surface area (Å²) in [6.45, 7) is 11.7. The molecule has 0 amide bonds. The van der Waals surface area contributed by atoms with E-state index < -0.39 is 0 Å². The molecule has 148 valence electrons. The zero-order chi connectivity index (χ0) is 20.1. The van der Waals surface area contributed by atoms with Crippen LogP contribution in [-0.2, 0) is 10.2 Å². The maximum atomic E-state index is 3.61.